The van der Waals surface area contributed by atoms with E-state index >= 15 is 0 Å². The number of carbonyl (C=O) groups is 3. The first-order valence-electron chi connectivity index (χ1n) is 8.98. The molecular weight excluding hydrogens is 276 g/mol. The summed E-state index contributed by atoms with van der Waals surface area (Å²) in [5.41, 5.74) is -0.0183. The van der Waals surface area contributed by atoms with E-state index < -0.39 is 0 Å². The van der Waals surface area contributed by atoms with E-state index in [9.17, 15) is 14.4 Å². The number of hydrogen-bond donors (Lipinski definition) is 0. The van der Waals surface area contributed by atoms with E-state index in [0.29, 0.717) is 61.4 Å². The normalized spacial score (nSPS) is 43.6. The van der Waals surface area contributed by atoms with Crippen LogP contribution in [0.15, 0.2) is 0 Å². The van der Waals surface area contributed by atoms with Gasteiger partial charge in [-0.15, -0.1) is 0 Å². The molecule has 5 unspecified atom stereocenters. The molecule has 0 N–H and O–H groups in total. The number of fused-ring (bicyclic) bond motifs is 3. The van der Waals surface area contributed by atoms with Gasteiger partial charge in [-0.3, -0.25) is 14.4 Å². The van der Waals surface area contributed by atoms with Gasteiger partial charge in [-0.25, -0.2) is 0 Å². The van der Waals surface area contributed by atoms with E-state index in [1.165, 1.54) is 0 Å². The van der Waals surface area contributed by atoms with Crippen molar-refractivity contribution in [3.05, 3.63) is 0 Å². The summed E-state index contributed by atoms with van der Waals surface area (Å²) in [4.78, 5) is 36.5. The predicted molar refractivity (Wildman–Crippen MR) is 84.3 cm³/mol. The van der Waals surface area contributed by atoms with Crippen molar-refractivity contribution in [2.45, 2.75) is 71.6 Å². The van der Waals surface area contributed by atoms with Crippen LogP contribution in [-0.2, 0) is 14.4 Å². The lowest BCUT2D eigenvalue weighted by Gasteiger charge is -2.54. The van der Waals surface area contributed by atoms with Crippen molar-refractivity contribution in [1.29, 1.82) is 0 Å². The van der Waals surface area contributed by atoms with Gasteiger partial charge in [0.05, 0.1) is 0 Å². The third-order valence-electron chi connectivity index (χ3n) is 6.94. The Labute approximate surface area is 133 Å². The van der Waals surface area contributed by atoms with Crippen molar-refractivity contribution >= 4 is 17.3 Å². The highest BCUT2D eigenvalue weighted by Gasteiger charge is 2.54. The van der Waals surface area contributed by atoms with Crippen molar-refractivity contribution in [1.82, 2.24) is 0 Å². The molecule has 3 fully saturated rings. The fraction of sp³-hybridized carbons (Fsp3) is 0.842. The van der Waals surface area contributed by atoms with Gasteiger partial charge in [0.25, 0.3) is 0 Å². The fourth-order valence-electron chi connectivity index (χ4n) is 5.47. The Morgan fingerprint density at radius 1 is 0.955 bits per heavy atom. The number of rotatable bonds is 0. The zero-order valence-corrected chi connectivity index (χ0v) is 13.9. The Morgan fingerprint density at radius 3 is 2.50 bits per heavy atom. The van der Waals surface area contributed by atoms with Crippen LogP contribution in [0.4, 0.5) is 0 Å². The van der Waals surface area contributed by atoms with E-state index in [2.05, 4.69) is 13.8 Å². The first kappa shape index (κ1) is 15.9. The van der Waals surface area contributed by atoms with Crippen LogP contribution in [-0.4, -0.2) is 17.3 Å². The molecule has 3 aliphatic carbocycles. The van der Waals surface area contributed by atoms with Gasteiger partial charge in [0, 0.05) is 38.0 Å². The highest BCUT2D eigenvalue weighted by atomic mass is 16.1. The zero-order valence-electron chi connectivity index (χ0n) is 13.9. The van der Waals surface area contributed by atoms with Crippen LogP contribution in [0.2, 0.25) is 0 Å². The standard InChI is InChI=1S/C19H28O3/c1-12-6-7-13(20)4-3-5-16-15(12)11-18(22)17-10-14(21)8-9-19(16,17)2/h12,15-17H,3-11H2,1-2H3. The summed E-state index contributed by atoms with van der Waals surface area (Å²) in [7, 11) is 0. The second-order valence-corrected chi connectivity index (χ2v) is 8.19. The summed E-state index contributed by atoms with van der Waals surface area (Å²) in [6.07, 6.45) is 6.90. The lowest BCUT2D eigenvalue weighted by atomic mass is 9.49. The van der Waals surface area contributed by atoms with E-state index in [-0.39, 0.29) is 17.1 Å². The Hall–Kier alpha value is -0.990. The van der Waals surface area contributed by atoms with Crippen LogP contribution < -0.4 is 0 Å². The molecule has 3 nitrogen and oxygen atoms in total. The summed E-state index contributed by atoms with van der Waals surface area (Å²) >= 11 is 0. The minimum atomic E-state index is -0.0568. The Kier molecular flexibility index (Phi) is 4.26. The largest absolute Gasteiger partial charge is 0.300 e. The van der Waals surface area contributed by atoms with Crippen LogP contribution in [0.1, 0.15) is 71.6 Å². The van der Waals surface area contributed by atoms with E-state index in [0.717, 1.165) is 25.7 Å². The lowest BCUT2D eigenvalue weighted by molar-refractivity contribution is -0.150. The molecule has 0 bridgehead atoms. The van der Waals surface area contributed by atoms with Crippen molar-refractivity contribution in [2.24, 2.45) is 29.1 Å². The van der Waals surface area contributed by atoms with Gasteiger partial charge in [0.2, 0.25) is 0 Å². The molecule has 0 amide bonds. The van der Waals surface area contributed by atoms with Crippen LogP contribution in [0, 0.1) is 29.1 Å². The van der Waals surface area contributed by atoms with Gasteiger partial charge >= 0.3 is 0 Å². The van der Waals surface area contributed by atoms with Crippen LogP contribution in [0.3, 0.4) is 0 Å². The molecule has 0 saturated heterocycles. The maximum Gasteiger partial charge on any atom is 0.137 e. The number of carbonyl (C=O) groups excluding carboxylic acids is 3. The molecule has 0 spiro atoms. The Balaban J connectivity index is 1.92. The third-order valence-corrected chi connectivity index (χ3v) is 6.94. The summed E-state index contributed by atoms with van der Waals surface area (Å²) < 4.78 is 0. The SMILES string of the molecule is CC1CCC(=O)CCCC2C1CC(=O)C1CC(=O)CCC12C. The summed E-state index contributed by atoms with van der Waals surface area (Å²) in [6, 6.07) is 0. The maximum atomic E-state index is 12.7. The van der Waals surface area contributed by atoms with E-state index in [4.69, 9.17) is 0 Å². The zero-order chi connectivity index (χ0) is 15.9. The molecule has 0 radical (unpaired) electrons. The molecule has 0 aromatic carbocycles. The van der Waals surface area contributed by atoms with Crippen molar-refractivity contribution < 1.29 is 14.4 Å². The molecule has 3 aliphatic rings. The Bertz CT molecular complexity index is 495. The summed E-state index contributed by atoms with van der Waals surface area (Å²) in [6.45, 7) is 4.48. The average Bonchev–Trinajstić information content (AvgIpc) is 2.54. The predicted octanol–water partition coefficient (Wildman–Crippen LogP) is 3.74. The monoisotopic (exact) mass is 304 g/mol. The highest BCUT2D eigenvalue weighted by Crippen LogP contribution is 2.56. The smallest absolute Gasteiger partial charge is 0.137 e. The third kappa shape index (κ3) is 2.68. The first-order chi connectivity index (χ1) is 10.4. The van der Waals surface area contributed by atoms with E-state index in [1.54, 1.807) is 0 Å². The van der Waals surface area contributed by atoms with Gasteiger partial charge in [-0.2, -0.15) is 0 Å². The second kappa shape index (κ2) is 5.90. The van der Waals surface area contributed by atoms with Crippen molar-refractivity contribution in [3.8, 4) is 0 Å². The molecular formula is C19H28O3. The highest BCUT2D eigenvalue weighted by molar-refractivity contribution is 5.90. The quantitative estimate of drug-likeness (QED) is 0.685. The molecule has 0 aliphatic heterocycles. The van der Waals surface area contributed by atoms with Gasteiger partial charge in [-0.1, -0.05) is 13.8 Å². The molecule has 0 aromatic heterocycles. The van der Waals surface area contributed by atoms with E-state index in [1.807, 2.05) is 0 Å². The fourth-order valence-corrected chi connectivity index (χ4v) is 5.47. The van der Waals surface area contributed by atoms with Crippen LogP contribution >= 0.6 is 0 Å². The molecule has 3 heteroatoms. The number of Topliss-reactive ketones (excluding diaryl/α,β-unsaturated/α-hetero) is 3. The maximum absolute atomic E-state index is 12.7. The van der Waals surface area contributed by atoms with Gasteiger partial charge in [0.1, 0.15) is 17.3 Å². The van der Waals surface area contributed by atoms with Gasteiger partial charge in [-0.05, 0) is 48.9 Å². The minimum absolute atomic E-state index is 0.0183. The number of hydrogen-bond acceptors (Lipinski definition) is 3. The van der Waals surface area contributed by atoms with Crippen molar-refractivity contribution in [2.75, 3.05) is 0 Å². The molecule has 0 heterocycles. The molecule has 0 aromatic rings. The summed E-state index contributed by atoms with van der Waals surface area (Å²) in [5.74, 6) is 2.26. The van der Waals surface area contributed by atoms with Crippen LogP contribution in [0.5, 0.6) is 0 Å². The van der Waals surface area contributed by atoms with Crippen LogP contribution in [0.25, 0.3) is 0 Å². The average molecular weight is 304 g/mol. The molecule has 3 rings (SSSR count). The Morgan fingerprint density at radius 2 is 1.73 bits per heavy atom. The van der Waals surface area contributed by atoms with Gasteiger partial charge < -0.3 is 0 Å². The molecule has 122 valence electrons. The molecule has 22 heavy (non-hydrogen) atoms. The number of ketones is 3. The minimum Gasteiger partial charge on any atom is -0.300 e. The molecule has 3 saturated carbocycles. The lowest BCUT2D eigenvalue weighted by Crippen LogP contribution is -2.52. The van der Waals surface area contributed by atoms with Crippen molar-refractivity contribution in [3.63, 3.8) is 0 Å². The molecule has 5 atom stereocenters. The topological polar surface area (TPSA) is 51.2 Å². The summed E-state index contributed by atoms with van der Waals surface area (Å²) in [5, 5.41) is 0. The second-order valence-electron chi connectivity index (χ2n) is 8.19. The van der Waals surface area contributed by atoms with Gasteiger partial charge in [0.15, 0.2) is 0 Å². The first-order valence-corrected chi connectivity index (χ1v) is 8.98.